The largest absolute Gasteiger partial charge is 0.340 e. The van der Waals surface area contributed by atoms with E-state index in [0.29, 0.717) is 0 Å². The second-order valence-corrected chi connectivity index (χ2v) is 6.75. The zero-order chi connectivity index (χ0) is 18.3. The van der Waals surface area contributed by atoms with Crippen LogP contribution in [0.5, 0.6) is 0 Å². The molecule has 4 rings (SSSR count). The lowest BCUT2D eigenvalue weighted by Crippen LogP contribution is -2.06. The number of anilines is 2. The molecule has 0 saturated heterocycles. The fourth-order valence-electron chi connectivity index (χ4n) is 3.11. The smallest absolute Gasteiger partial charge is 0.165 e. The number of aryl methyl sites for hydroxylation is 3. The van der Waals surface area contributed by atoms with Gasteiger partial charge in [0.15, 0.2) is 5.65 Å². The van der Waals surface area contributed by atoms with Crippen LogP contribution in [0.25, 0.3) is 16.8 Å². The maximum Gasteiger partial charge on any atom is 0.165 e. The lowest BCUT2D eigenvalue weighted by molar-refractivity contribution is 0.924. The van der Waals surface area contributed by atoms with Crippen LogP contribution in [0.1, 0.15) is 22.4 Å². The van der Waals surface area contributed by atoms with Gasteiger partial charge in [-0.2, -0.15) is 9.61 Å². The van der Waals surface area contributed by atoms with E-state index in [-0.39, 0.29) is 0 Å². The number of benzene rings is 2. The molecule has 26 heavy (non-hydrogen) atoms. The minimum atomic E-state index is 0.866. The molecule has 0 amide bonds. The highest BCUT2D eigenvalue weighted by molar-refractivity contribution is 5.79. The van der Waals surface area contributed by atoms with Gasteiger partial charge in [0.1, 0.15) is 5.82 Å². The summed E-state index contributed by atoms with van der Waals surface area (Å²) >= 11 is 0. The van der Waals surface area contributed by atoms with E-state index in [1.54, 1.807) is 0 Å². The van der Waals surface area contributed by atoms with E-state index in [4.69, 9.17) is 4.98 Å². The van der Waals surface area contributed by atoms with Crippen molar-refractivity contribution in [3.63, 3.8) is 0 Å². The van der Waals surface area contributed by atoms with E-state index >= 15 is 0 Å². The highest BCUT2D eigenvalue weighted by Gasteiger charge is 2.15. The summed E-state index contributed by atoms with van der Waals surface area (Å²) in [5, 5.41) is 8.17. The molecule has 0 saturated carbocycles. The molecule has 0 aliphatic heterocycles. The first-order valence-electron chi connectivity index (χ1n) is 8.79. The molecule has 4 heteroatoms. The van der Waals surface area contributed by atoms with Crippen LogP contribution in [-0.2, 0) is 0 Å². The lowest BCUT2D eigenvalue weighted by Gasteiger charge is -2.14. The summed E-state index contributed by atoms with van der Waals surface area (Å²) in [4.78, 5) is 4.81. The molecule has 0 unspecified atom stereocenters. The van der Waals surface area contributed by atoms with Crippen molar-refractivity contribution < 1.29 is 0 Å². The third kappa shape index (κ3) is 2.73. The van der Waals surface area contributed by atoms with Crippen LogP contribution in [-0.4, -0.2) is 14.6 Å². The number of aromatic nitrogens is 3. The van der Waals surface area contributed by atoms with E-state index in [2.05, 4.69) is 61.5 Å². The molecule has 2 aromatic carbocycles. The lowest BCUT2D eigenvalue weighted by atomic mass is 10.1. The number of nitrogens with zero attached hydrogens (tertiary/aromatic N) is 3. The summed E-state index contributed by atoms with van der Waals surface area (Å²) in [6.45, 7) is 8.37. The van der Waals surface area contributed by atoms with Crippen LogP contribution in [0.2, 0.25) is 0 Å². The minimum absolute atomic E-state index is 0.866. The summed E-state index contributed by atoms with van der Waals surface area (Å²) in [6, 6.07) is 16.7. The minimum Gasteiger partial charge on any atom is -0.340 e. The van der Waals surface area contributed by atoms with E-state index < -0.39 is 0 Å². The molecule has 0 fully saturated rings. The molecular formula is C22H22N4. The Kier molecular flexibility index (Phi) is 3.96. The maximum atomic E-state index is 4.81. The molecule has 0 aliphatic rings. The number of nitrogens with one attached hydrogen (secondary N) is 1. The Hall–Kier alpha value is -3.14. The van der Waals surface area contributed by atoms with Gasteiger partial charge in [0, 0.05) is 22.5 Å². The van der Waals surface area contributed by atoms with Gasteiger partial charge in [-0.15, -0.1) is 0 Å². The van der Waals surface area contributed by atoms with Crippen molar-refractivity contribution in [2.45, 2.75) is 27.7 Å². The summed E-state index contributed by atoms with van der Waals surface area (Å²) < 4.78 is 1.90. The number of fused-ring (bicyclic) bond motifs is 1. The normalized spacial score (nSPS) is 11.1. The van der Waals surface area contributed by atoms with Crippen LogP contribution in [0, 0.1) is 27.7 Å². The first-order chi connectivity index (χ1) is 12.5. The third-order valence-electron chi connectivity index (χ3n) is 4.98. The second-order valence-electron chi connectivity index (χ2n) is 6.75. The molecular weight excluding hydrogens is 320 g/mol. The van der Waals surface area contributed by atoms with Gasteiger partial charge in [0.2, 0.25) is 0 Å². The van der Waals surface area contributed by atoms with Crippen LogP contribution in [0.15, 0.2) is 54.7 Å². The van der Waals surface area contributed by atoms with Crippen molar-refractivity contribution in [2.24, 2.45) is 0 Å². The fourth-order valence-corrected chi connectivity index (χ4v) is 3.11. The molecule has 0 radical (unpaired) electrons. The number of hydrogen-bond acceptors (Lipinski definition) is 3. The Balaban J connectivity index is 1.87. The van der Waals surface area contributed by atoms with Gasteiger partial charge in [-0.1, -0.05) is 36.4 Å². The van der Waals surface area contributed by atoms with Gasteiger partial charge in [-0.3, -0.25) is 0 Å². The van der Waals surface area contributed by atoms with Gasteiger partial charge in [0.25, 0.3) is 0 Å². The molecule has 2 aromatic heterocycles. The molecule has 0 aliphatic carbocycles. The van der Waals surface area contributed by atoms with E-state index in [0.717, 1.165) is 39.5 Å². The highest BCUT2D eigenvalue weighted by Crippen LogP contribution is 2.29. The Morgan fingerprint density at radius 2 is 1.65 bits per heavy atom. The highest BCUT2D eigenvalue weighted by atomic mass is 15.3. The average Bonchev–Trinajstić information content (AvgIpc) is 3.06. The molecule has 4 nitrogen and oxygen atoms in total. The standard InChI is InChI=1S/C22H22N4/c1-14-10-11-19(12-15(14)2)25-21-16(3)17(4)24-22-20(13-23-26(21)22)18-8-6-5-7-9-18/h5-13,25H,1-4H3. The quantitative estimate of drug-likeness (QED) is 0.544. The van der Waals surface area contributed by atoms with E-state index in [1.165, 1.54) is 11.1 Å². The van der Waals surface area contributed by atoms with Gasteiger partial charge >= 0.3 is 0 Å². The monoisotopic (exact) mass is 342 g/mol. The fraction of sp³-hybridized carbons (Fsp3) is 0.182. The van der Waals surface area contributed by atoms with Crippen molar-refractivity contribution in [3.05, 3.63) is 77.1 Å². The maximum absolute atomic E-state index is 4.81. The number of hydrogen-bond donors (Lipinski definition) is 1. The van der Waals surface area contributed by atoms with Gasteiger partial charge in [0.05, 0.1) is 6.20 Å². The van der Waals surface area contributed by atoms with E-state index in [9.17, 15) is 0 Å². The van der Waals surface area contributed by atoms with Gasteiger partial charge in [-0.25, -0.2) is 4.98 Å². The van der Waals surface area contributed by atoms with Crippen molar-refractivity contribution >= 4 is 17.2 Å². The first kappa shape index (κ1) is 16.3. The number of rotatable bonds is 3. The Morgan fingerprint density at radius 3 is 2.38 bits per heavy atom. The Bertz CT molecular complexity index is 1090. The summed E-state index contributed by atoms with van der Waals surface area (Å²) in [5.74, 6) is 0.956. The predicted molar refractivity (Wildman–Crippen MR) is 107 cm³/mol. The SMILES string of the molecule is Cc1ccc(Nc2c(C)c(C)nc3c(-c4ccccc4)cnn23)cc1C. The van der Waals surface area contributed by atoms with Crippen molar-refractivity contribution in [2.75, 3.05) is 5.32 Å². The van der Waals surface area contributed by atoms with Crippen LogP contribution >= 0.6 is 0 Å². The zero-order valence-electron chi connectivity index (χ0n) is 15.5. The zero-order valence-corrected chi connectivity index (χ0v) is 15.5. The molecule has 0 bridgehead atoms. The van der Waals surface area contributed by atoms with Crippen molar-refractivity contribution in [1.29, 1.82) is 0 Å². The van der Waals surface area contributed by atoms with Crippen LogP contribution < -0.4 is 5.32 Å². The average molecular weight is 342 g/mol. The van der Waals surface area contributed by atoms with Gasteiger partial charge in [-0.05, 0) is 56.5 Å². The van der Waals surface area contributed by atoms with Crippen molar-refractivity contribution in [3.8, 4) is 11.1 Å². The Labute approximate surface area is 153 Å². The van der Waals surface area contributed by atoms with Gasteiger partial charge < -0.3 is 5.32 Å². The molecule has 1 N–H and O–H groups in total. The third-order valence-corrected chi connectivity index (χ3v) is 4.98. The molecule has 4 aromatic rings. The van der Waals surface area contributed by atoms with E-state index in [1.807, 2.05) is 35.8 Å². The summed E-state index contributed by atoms with van der Waals surface area (Å²) in [6.07, 6.45) is 1.89. The molecule has 0 spiro atoms. The predicted octanol–water partition coefficient (Wildman–Crippen LogP) is 5.37. The van der Waals surface area contributed by atoms with Crippen LogP contribution in [0.3, 0.4) is 0 Å². The second kappa shape index (κ2) is 6.30. The topological polar surface area (TPSA) is 42.2 Å². The summed E-state index contributed by atoms with van der Waals surface area (Å²) in [5.41, 5.74) is 8.73. The molecule has 2 heterocycles. The summed E-state index contributed by atoms with van der Waals surface area (Å²) in [7, 11) is 0. The van der Waals surface area contributed by atoms with Crippen molar-refractivity contribution in [1.82, 2.24) is 14.6 Å². The first-order valence-corrected chi connectivity index (χ1v) is 8.79. The molecule has 0 atom stereocenters. The van der Waals surface area contributed by atoms with Crippen LogP contribution in [0.4, 0.5) is 11.5 Å². The molecule has 130 valence electrons. The Morgan fingerprint density at radius 1 is 0.885 bits per heavy atom.